The summed E-state index contributed by atoms with van der Waals surface area (Å²) in [5.74, 6) is 1.56. The SMILES string of the molecule is C=CCc1cc(-c2ccc(OCCC[N+](C)(C)CC(=O)NCCCC)c(CC=C)c2)c2oc(-c3ccccc3)nc2c1.[Br-]. The Morgan fingerprint density at radius 1 is 1.00 bits per heavy atom. The summed E-state index contributed by atoms with van der Waals surface area (Å²) in [5.41, 5.74) is 6.76. The molecule has 0 aliphatic carbocycles. The highest BCUT2D eigenvalue weighted by atomic mass is 79.9. The van der Waals surface area contributed by atoms with Gasteiger partial charge >= 0.3 is 0 Å². The average Bonchev–Trinajstić information content (AvgIpc) is 3.40. The molecule has 6 nitrogen and oxygen atoms in total. The highest BCUT2D eigenvalue weighted by Gasteiger charge is 2.20. The summed E-state index contributed by atoms with van der Waals surface area (Å²) in [6, 6.07) is 20.5. The van der Waals surface area contributed by atoms with E-state index < -0.39 is 0 Å². The van der Waals surface area contributed by atoms with Gasteiger partial charge in [-0.15, -0.1) is 13.2 Å². The molecule has 0 saturated carbocycles. The third kappa shape index (κ3) is 9.40. The summed E-state index contributed by atoms with van der Waals surface area (Å²) in [6.45, 7) is 12.7. The Hall–Kier alpha value is -3.68. The zero-order valence-electron chi connectivity index (χ0n) is 25.7. The number of carbonyl (C=O) groups excluding carboxylic acids is 1. The lowest BCUT2D eigenvalue weighted by Gasteiger charge is -2.29. The van der Waals surface area contributed by atoms with Crippen molar-refractivity contribution in [2.24, 2.45) is 0 Å². The first-order valence-electron chi connectivity index (χ1n) is 14.9. The number of benzene rings is 3. The molecule has 0 saturated heterocycles. The van der Waals surface area contributed by atoms with Crippen molar-refractivity contribution in [1.29, 1.82) is 0 Å². The van der Waals surface area contributed by atoms with E-state index in [1.54, 1.807) is 0 Å². The predicted molar refractivity (Wildman–Crippen MR) is 173 cm³/mol. The molecule has 43 heavy (non-hydrogen) atoms. The van der Waals surface area contributed by atoms with Gasteiger partial charge in [0.2, 0.25) is 5.89 Å². The quantitative estimate of drug-likeness (QED) is 0.112. The molecule has 0 atom stereocenters. The molecule has 4 aromatic rings. The van der Waals surface area contributed by atoms with E-state index in [1.807, 2.05) is 48.6 Å². The molecule has 0 unspecified atom stereocenters. The molecule has 228 valence electrons. The van der Waals surface area contributed by atoms with E-state index in [4.69, 9.17) is 14.1 Å². The van der Waals surface area contributed by atoms with E-state index in [0.29, 0.717) is 29.9 Å². The molecule has 7 heteroatoms. The second-order valence-corrected chi connectivity index (χ2v) is 11.4. The number of amides is 1. The molecule has 1 heterocycles. The van der Waals surface area contributed by atoms with E-state index in [1.165, 1.54) is 0 Å². The lowest BCUT2D eigenvalue weighted by Crippen LogP contribution is -3.00. The smallest absolute Gasteiger partial charge is 0.275 e. The maximum absolute atomic E-state index is 12.3. The van der Waals surface area contributed by atoms with Gasteiger partial charge in [0, 0.05) is 24.1 Å². The van der Waals surface area contributed by atoms with Crippen LogP contribution in [-0.4, -0.2) is 55.7 Å². The maximum atomic E-state index is 12.3. The zero-order valence-corrected chi connectivity index (χ0v) is 27.3. The summed E-state index contributed by atoms with van der Waals surface area (Å²) in [7, 11) is 4.18. The second-order valence-electron chi connectivity index (χ2n) is 11.4. The van der Waals surface area contributed by atoms with Crippen LogP contribution >= 0.6 is 0 Å². The third-order valence-electron chi connectivity index (χ3n) is 7.28. The number of unbranched alkanes of at least 4 members (excludes halogenated alkanes) is 1. The molecule has 3 aromatic carbocycles. The number of carbonyl (C=O) groups is 1. The molecule has 4 rings (SSSR count). The number of aromatic nitrogens is 1. The molecule has 0 fully saturated rings. The van der Waals surface area contributed by atoms with Gasteiger partial charge in [0.25, 0.3) is 5.91 Å². The predicted octanol–water partition coefficient (Wildman–Crippen LogP) is 4.38. The summed E-state index contributed by atoms with van der Waals surface area (Å²) in [4.78, 5) is 17.1. The molecule has 0 spiro atoms. The number of fused-ring (bicyclic) bond motifs is 1. The lowest BCUT2D eigenvalue weighted by atomic mass is 9.97. The first kappa shape index (κ1) is 33.8. The topological polar surface area (TPSA) is 64.4 Å². The summed E-state index contributed by atoms with van der Waals surface area (Å²) < 4.78 is 13.2. The van der Waals surface area contributed by atoms with Gasteiger partial charge < -0.3 is 35.9 Å². The fraction of sp³-hybridized carbons (Fsp3) is 0.333. The van der Waals surface area contributed by atoms with Gasteiger partial charge in [0.05, 0.1) is 27.2 Å². The van der Waals surface area contributed by atoms with Crippen LogP contribution in [0.4, 0.5) is 0 Å². The number of likely N-dealkylation sites (N-methyl/N-ethyl adjacent to an activating group) is 1. The van der Waals surface area contributed by atoms with E-state index in [2.05, 4.69) is 63.8 Å². The van der Waals surface area contributed by atoms with E-state index in [9.17, 15) is 4.79 Å². The highest BCUT2D eigenvalue weighted by molar-refractivity contribution is 5.92. The van der Waals surface area contributed by atoms with Crippen molar-refractivity contribution >= 4 is 17.0 Å². The number of nitrogens with one attached hydrogen (secondary N) is 1. The number of rotatable bonds is 16. The van der Waals surface area contributed by atoms with E-state index in [0.717, 1.165) is 83.4 Å². The van der Waals surface area contributed by atoms with Crippen LogP contribution in [0.3, 0.4) is 0 Å². The monoisotopic (exact) mass is 645 g/mol. The first-order chi connectivity index (χ1) is 20.3. The molecule has 0 bridgehead atoms. The number of halogens is 1. The van der Waals surface area contributed by atoms with Crippen molar-refractivity contribution < 1.29 is 35.4 Å². The van der Waals surface area contributed by atoms with Crippen LogP contribution in [0.15, 0.2) is 90.4 Å². The first-order valence-corrected chi connectivity index (χ1v) is 14.9. The van der Waals surface area contributed by atoms with Crippen LogP contribution in [0.5, 0.6) is 5.75 Å². The summed E-state index contributed by atoms with van der Waals surface area (Å²) in [6.07, 6.45) is 8.16. The zero-order chi connectivity index (χ0) is 30.0. The van der Waals surface area contributed by atoms with Crippen molar-refractivity contribution in [2.75, 3.05) is 40.3 Å². The van der Waals surface area contributed by atoms with Gasteiger partial charge in [-0.2, -0.15) is 0 Å². The standard InChI is InChI=1S/C36H43N3O3.BrH/c1-6-9-20-37-34(40)26-39(4,5)21-13-22-41-33-19-18-29(25-30(33)15-8-3)31-23-27(14-7-2)24-32-35(31)42-36(38-32)28-16-11-10-12-17-28;/h7-8,10-12,16-19,23-25H,2-3,6,9,13-15,20-22,26H2,1,4-5H3;1H. The molecule has 0 radical (unpaired) electrons. The number of hydrogen-bond acceptors (Lipinski definition) is 4. The minimum absolute atomic E-state index is 0. The Bertz CT molecular complexity index is 1510. The van der Waals surface area contributed by atoms with Gasteiger partial charge in [-0.25, -0.2) is 4.98 Å². The van der Waals surface area contributed by atoms with Crippen LogP contribution in [0.1, 0.15) is 37.3 Å². The Morgan fingerprint density at radius 3 is 2.49 bits per heavy atom. The van der Waals surface area contributed by atoms with Crippen LogP contribution in [0, 0.1) is 0 Å². The third-order valence-corrected chi connectivity index (χ3v) is 7.28. The minimum atomic E-state index is 0. The van der Waals surface area contributed by atoms with Crippen molar-refractivity contribution in [2.45, 2.75) is 39.0 Å². The van der Waals surface area contributed by atoms with Crippen LogP contribution < -0.4 is 27.0 Å². The summed E-state index contributed by atoms with van der Waals surface area (Å²) in [5, 5.41) is 3.02. The fourth-order valence-electron chi connectivity index (χ4n) is 5.10. The maximum Gasteiger partial charge on any atom is 0.275 e. The van der Waals surface area contributed by atoms with Crippen molar-refractivity contribution in [1.82, 2.24) is 10.3 Å². The summed E-state index contributed by atoms with van der Waals surface area (Å²) >= 11 is 0. The number of hydrogen-bond donors (Lipinski definition) is 1. The fourth-order valence-corrected chi connectivity index (χ4v) is 5.10. The largest absolute Gasteiger partial charge is 1.00 e. The number of oxazole rings is 1. The second kappa shape index (κ2) is 16.2. The number of nitrogens with zero attached hydrogens (tertiary/aromatic N) is 2. The number of quaternary nitrogens is 1. The Morgan fingerprint density at radius 2 is 1.77 bits per heavy atom. The van der Waals surface area contributed by atoms with Gasteiger partial charge in [0.15, 0.2) is 12.1 Å². The Balaban J connectivity index is 0.00000506. The average molecular weight is 647 g/mol. The lowest BCUT2D eigenvalue weighted by molar-refractivity contribution is -0.882. The molecular formula is C36H44BrN3O3. The molecule has 0 aliphatic rings. The van der Waals surface area contributed by atoms with Crippen molar-refractivity contribution in [3.8, 4) is 28.3 Å². The van der Waals surface area contributed by atoms with Crippen molar-refractivity contribution in [3.63, 3.8) is 0 Å². The Kier molecular flexibility index (Phi) is 12.8. The number of allylic oxidation sites excluding steroid dienone is 2. The minimum Gasteiger partial charge on any atom is -1.00 e. The van der Waals surface area contributed by atoms with Gasteiger partial charge in [-0.1, -0.05) is 49.8 Å². The number of ether oxygens (including phenoxy) is 1. The van der Waals surface area contributed by atoms with Crippen LogP contribution in [-0.2, 0) is 17.6 Å². The highest BCUT2D eigenvalue weighted by Crippen LogP contribution is 2.36. The van der Waals surface area contributed by atoms with E-state index >= 15 is 0 Å². The van der Waals surface area contributed by atoms with Crippen molar-refractivity contribution in [3.05, 3.63) is 97.1 Å². The van der Waals surface area contributed by atoms with E-state index in [-0.39, 0.29) is 22.9 Å². The van der Waals surface area contributed by atoms with Crippen LogP contribution in [0.25, 0.3) is 33.7 Å². The molecule has 1 amide bonds. The van der Waals surface area contributed by atoms with Gasteiger partial charge in [-0.3, -0.25) is 4.79 Å². The normalized spacial score (nSPS) is 11.1. The Labute approximate surface area is 266 Å². The molecule has 1 aromatic heterocycles. The van der Waals surface area contributed by atoms with Gasteiger partial charge in [-0.05, 0) is 72.4 Å². The molecule has 0 aliphatic heterocycles. The molecule has 1 N–H and O–H groups in total. The van der Waals surface area contributed by atoms with Gasteiger partial charge in [0.1, 0.15) is 11.3 Å². The van der Waals surface area contributed by atoms with Crippen LogP contribution in [0.2, 0.25) is 0 Å². The molecular weight excluding hydrogens is 602 g/mol.